The van der Waals surface area contributed by atoms with Crippen molar-refractivity contribution in [2.45, 2.75) is 25.7 Å². The first-order valence-electron chi connectivity index (χ1n) is 6.00. The summed E-state index contributed by atoms with van der Waals surface area (Å²) in [6.45, 7) is 4.39. The third-order valence-electron chi connectivity index (χ3n) is 3.00. The lowest BCUT2D eigenvalue weighted by molar-refractivity contribution is -0.142. The maximum Gasteiger partial charge on any atom is 0.314 e. The van der Waals surface area contributed by atoms with Crippen molar-refractivity contribution in [2.24, 2.45) is 5.73 Å². The maximum absolute atomic E-state index is 11.6. The molecule has 4 heteroatoms. The quantitative estimate of drug-likeness (QED) is 0.813. The van der Waals surface area contributed by atoms with Gasteiger partial charge in [-0.3, -0.25) is 4.79 Å². The summed E-state index contributed by atoms with van der Waals surface area (Å²) in [6.07, 6.45) is 0. The van der Waals surface area contributed by atoms with Crippen LogP contribution in [0.2, 0.25) is 0 Å². The molecule has 1 atom stereocenters. The van der Waals surface area contributed by atoms with Crippen molar-refractivity contribution < 1.29 is 14.3 Å². The van der Waals surface area contributed by atoms with Gasteiger partial charge in [0.25, 0.3) is 0 Å². The van der Waals surface area contributed by atoms with E-state index in [0.29, 0.717) is 5.92 Å². The molecular formula is C14H21NO3. The van der Waals surface area contributed by atoms with Crippen molar-refractivity contribution in [3.63, 3.8) is 0 Å². The van der Waals surface area contributed by atoms with E-state index >= 15 is 0 Å². The topological polar surface area (TPSA) is 61.5 Å². The molecule has 0 saturated carbocycles. The van der Waals surface area contributed by atoms with E-state index in [0.717, 1.165) is 16.9 Å². The van der Waals surface area contributed by atoms with Crippen LogP contribution in [-0.4, -0.2) is 26.7 Å². The van der Waals surface area contributed by atoms with Gasteiger partial charge in [0.15, 0.2) is 0 Å². The highest BCUT2D eigenvalue weighted by Gasteiger charge is 2.21. The average molecular weight is 251 g/mol. The molecule has 0 aliphatic carbocycles. The minimum absolute atomic E-state index is 0.233. The Hall–Kier alpha value is -1.55. The molecule has 1 aromatic carbocycles. The number of carbonyl (C=O) groups excluding carboxylic acids is 1. The van der Waals surface area contributed by atoms with Gasteiger partial charge >= 0.3 is 5.97 Å². The van der Waals surface area contributed by atoms with Gasteiger partial charge in [-0.15, -0.1) is 0 Å². The fraction of sp³-hybridized carbons (Fsp3) is 0.500. The van der Waals surface area contributed by atoms with E-state index in [1.807, 2.05) is 18.2 Å². The zero-order valence-electron chi connectivity index (χ0n) is 11.4. The van der Waals surface area contributed by atoms with Crippen LogP contribution in [0.1, 0.15) is 36.8 Å². The third-order valence-corrected chi connectivity index (χ3v) is 3.00. The first kappa shape index (κ1) is 14.5. The normalized spacial score (nSPS) is 12.3. The summed E-state index contributed by atoms with van der Waals surface area (Å²) >= 11 is 0. The van der Waals surface area contributed by atoms with Crippen molar-refractivity contribution in [1.82, 2.24) is 0 Å². The Kier molecular flexibility index (Phi) is 5.16. The lowest BCUT2D eigenvalue weighted by Gasteiger charge is -2.17. The second-order valence-corrected chi connectivity index (χ2v) is 4.47. The number of ether oxygens (including phenoxy) is 2. The second kappa shape index (κ2) is 6.40. The van der Waals surface area contributed by atoms with Crippen LogP contribution >= 0.6 is 0 Å². The minimum atomic E-state index is -0.418. The molecule has 0 heterocycles. The van der Waals surface area contributed by atoms with Crippen molar-refractivity contribution in [3.05, 3.63) is 29.3 Å². The van der Waals surface area contributed by atoms with Crippen molar-refractivity contribution in [2.75, 3.05) is 20.8 Å². The van der Waals surface area contributed by atoms with Gasteiger partial charge < -0.3 is 15.2 Å². The zero-order valence-corrected chi connectivity index (χ0v) is 11.4. The molecule has 4 nitrogen and oxygen atoms in total. The van der Waals surface area contributed by atoms with Crippen LogP contribution in [0.15, 0.2) is 18.2 Å². The molecule has 0 aliphatic rings. The van der Waals surface area contributed by atoms with E-state index in [4.69, 9.17) is 15.2 Å². The van der Waals surface area contributed by atoms with Gasteiger partial charge in [0.1, 0.15) is 5.75 Å². The SMILES string of the molecule is COC(=O)C(CN)c1ccc(OC)c(C(C)C)c1. The molecule has 0 fully saturated rings. The molecule has 1 aromatic rings. The van der Waals surface area contributed by atoms with Crippen molar-refractivity contribution in [1.29, 1.82) is 0 Å². The fourth-order valence-corrected chi connectivity index (χ4v) is 1.93. The van der Waals surface area contributed by atoms with Crippen LogP contribution in [-0.2, 0) is 9.53 Å². The Bertz CT molecular complexity index is 416. The number of carbonyl (C=O) groups is 1. The van der Waals surface area contributed by atoms with Gasteiger partial charge in [0.05, 0.1) is 20.1 Å². The van der Waals surface area contributed by atoms with Crippen molar-refractivity contribution >= 4 is 5.97 Å². The molecular weight excluding hydrogens is 230 g/mol. The number of nitrogens with two attached hydrogens (primary N) is 1. The summed E-state index contributed by atoms with van der Waals surface area (Å²) in [7, 11) is 3.01. The summed E-state index contributed by atoms with van der Waals surface area (Å²) in [5.41, 5.74) is 7.58. The second-order valence-electron chi connectivity index (χ2n) is 4.47. The summed E-state index contributed by atoms with van der Waals surface area (Å²) in [5, 5.41) is 0. The van der Waals surface area contributed by atoms with E-state index in [1.54, 1.807) is 7.11 Å². The predicted molar refractivity (Wildman–Crippen MR) is 70.9 cm³/mol. The van der Waals surface area contributed by atoms with E-state index in [-0.39, 0.29) is 12.5 Å². The molecule has 1 rings (SSSR count). The Balaban J connectivity index is 3.17. The Morgan fingerprint density at radius 2 is 2.00 bits per heavy atom. The molecule has 0 aromatic heterocycles. The number of hydrogen-bond acceptors (Lipinski definition) is 4. The van der Waals surface area contributed by atoms with Crippen molar-refractivity contribution in [3.8, 4) is 5.75 Å². The fourth-order valence-electron chi connectivity index (χ4n) is 1.93. The molecule has 2 N–H and O–H groups in total. The smallest absolute Gasteiger partial charge is 0.314 e. The van der Waals surface area contributed by atoms with Crippen LogP contribution in [0.4, 0.5) is 0 Å². The number of benzene rings is 1. The molecule has 0 radical (unpaired) electrons. The monoisotopic (exact) mass is 251 g/mol. The highest BCUT2D eigenvalue weighted by atomic mass is 16.5. The number of methoxy groups -OCH3 is 2. The summed E-state index contributed by atoms with van der Waals surface area (Å²) in [5.74, 6) is 0.418. The average Bonchev–Trinajstić information content (AvgIpc) is 2.39. The lowest BCUT2D eigenvalue weighted by atomic mass is 9.93. The highest BCUT2D eigenvalue weighted by molar-refractivity contribution is 5.78. The molecule has 0 bridgehead atoms. The predicted octanol–water partition coefficient (Wildman–Crippen LogP) is 2.03. The van der Waals surface area contributed by atoms with Crippen LogP contribution in [0.5, 0.6) is 5.75 Å². The summed E-state index contributed by atoms with van der Waals surface area (Å²) in [6, 6.07) is 5.70. The van der Waals surface area contributed by atoms with Crippen LogP contribution in [0.3, 0.4) is 0 Å². The first-order chi connectivity index (χ1) is 8.54. The minimum Gasteiger partial charge on any atom is -0.496 e. The number of esters is 1. The lowest BCUT2D eigenvalue weighted by Crippen LogP contribution is -2.23. The Morgan fingerprint density at radius 1 is 1.33 bits per heavy atom. The van der Waals surface area contributed by atoms with E-state index in [9.17, 15) is 4.79 Å². The zero-order chi connectivity index (χ0) is 13.7. The number of hydrogen-bond donors (Lipinski definition) is 1. The molecule has 0 amide bonds. The molecule has 0 saturated heterocycles. The van der Waals surface area contributed by atoms with Gasteiger partial charge in [-0.1, -0.05) is 26.0 Å². The van der Waals surface area contributed by atoms with Gasteiger partial charge in [0.2, 0.25) is 0 Å². The summed E-state index contributed by atoms with van der Waals surface area (Å²) in [4.78, 5) is 11.6. The molecule has 100 valence electrons. The standard InChI is InChI=1S/C14H21NO3/c1-9(2)11-7-10(5-6-13(11)17-3)12(8-15)14(16)18-4/h5-7,9,12H,8,15H2,1-4H3. The maximum atomic E-state index is 11.6. The first-order valence-corrected chi connectivity index (χ1v) is 6.00. The van der Waals surface area contributed by atoms with Crippen LogP contribution in [0, 0.1) is 0 Å². The largest absolute Gasteiger partial charge is 0.496 e. The van der Waals surface area contributed by atoms with E-state index in [2.05, 4.69) is 13.8 Å². The third kappa shape index (κ3) is 3.01. The van der Waals surface area contributed by atoms with Gasteiger partial charge in [-0.2, -0.15) is 0 Å². The van der Waals surface area contributed by atoms with Gasteiger partial charge in [-0.05, 0) is 23.1 Å². The van der Waals surface area contributed by atoms with Gasteiger partial charge in [0, 0.05) is 6.54 Å². The molecule has 0 spiro atoms. The van der Waals surface area contributed by atoms with E-state index in [1.165, 1.54) is 7.11 Å². The molecule has 1 unspecified atom stereocenters. The Labute approximate surface area is 108 Å². The molecule has 0 aliphatic heterocycles. The van der Waals surface area contributed by atoms with Gasteiger partial charge in [-0.25, -0.2) is 0 Å². The highest BCUT2D eigenvalue weighted by Crippen LogP contribution is 2.30. The van der Waals surface area contributed by atoms with Crippen LogP contribution in [0.25, 0.3) is 0 Å². The van der Waals surface area contributed by atoms with E-state index < -0.39 is 5.92 Å². The Morgan fingerprint density at radius 3 is 2.44 bits per heavy atom. The number of rotatable bonds is 5. The van der Waals surface area contributed by atoms with Crippen LogP contribution < -0.4 is 10.5 Å². The summed E-state index contributed by atoms with van der Waals surface area (Å²) < 4.78 is 10.1. The molecule has 18 heavy (non-hydrogen) atoms.